The highest BCUT2D eigenvalue weighted by Crippen LogP contribution is 2.27. The van der Waals surface area contributed by atoms with Gasteiger partial charge in [0.05, 0.1) is 66.1 Å². The van der Waals surface area contributed by atoms with Crippen LogP contribution >= 0.6 is 0 Å². The highest BCUT2D eigenvalue weighted by Gasteiger charge is 2.30. The number of nitrogens with one attached hydrogen (secondary N) is 4. The molecule has 0 heterocycles. The summed E-state index contributed by atoms with van der Waals surface area (Å²) in [6.45, 7) is 10.1. The monoisotopic (exact) mass is 1190 g/mol. The molecule has 4 atom stereocenters. The van der Waals surface area contributed by atoms with Gasteiger partial charge in [0.25, 0.3) is 0 Å². The number of carboxylic acid groups (broad SMARTS) is 2. The molecule has 0 saturated carbocycles. The molecule has 0 aromatic heterocycles. The van der Waals surface area contributed by atoms with Crippen molar-refractivity contribution in [3.8, 4) is 0 Å². The second-order valence-corrected chi connectivity index (χ2v) is 20.9. The van der Waals surface area contributed by atoms with E-state index in [4.69, 9.17) is 59.6 Å². The number of carbonyl (C=O) groups is 11. The maximum absolute atomic E-state index is 13.6. The van der Waals surface area contributed by atoms with Crippen LogP contribution < -0.4 is 32.7 Å². The SMILES string of the molecule is CC(=O)[C@H](CCCCNC(=O)COCCOCCCC(=O)COCCOCCNC(=O)CC[C@H](N)C(=O)O)CC(=O)[C@H](CCCCNC(=O)COCCOCCNC(=O)COCCOCCCC(=O)CC[C@H](N)C(=O)O)CC(=O)C(C)(C)C.[HH].[HH]. The highest BCUT2D eigenvalue weighted by atomic mass is 16.5. The zero-order chi connectivity index (χ0) is 62.1. The quantitative estimate of drug-likeness (QED) is 0.0398. The van der Waals surface area contributed by atoms with Gasteiger partial charge >= 0.3 is 11.9 Å². The van der Waals surface area contributed by atoms with Crippen molar-refractivity contribution in [2.45, 2.75) is 143 Å². The largest absolute Gasteiger partial charge is 0.480 e. The number of ether oxygens (including phenoxy) is 8. The first-order valence-corrected chi connectivity index (χ1v) is 28.8. The molecule has 0 bridgehead atoms. The summed E-state index contributed by atoms with van der Waals surface area (Å²) in [6, 6.07) is -2.14. The first-order chi connectivity index (χ1) is 39.5. The number of rotatable bonds is 58. The van der Waals surface area contributed by atoms with E-state index in [2.05, 4.69) is 21.3 Å². The van der Waals surface area contributed by atoms with Crippen LogP contribution in [0.15, 0.2) is 0 Å². The molecule has 4 amide bonds. The van der Waals surface area contributed by atoms with Gasteiger partial charge in [0, 0.05) is 98.0 Å². The summed E-state index contributed by atoms with van der Waals surface area (Å²) in [5.74, 6) is -5.20. The third kappa shape index (κ3) is 47.8. The van der Waals surface area contributed by atoms with Gasteiger partial charge in [-0.25, -0.2) is 0 Å². The van der Waals surface area contributed by atoms with Gasteiger partial charge in [0.15, 0.2) is 5.78 Å². The first-order valence-electron chi connectivity index (χ1n) is 28.8. The van der Waals surface area contributed by atoms with Crippen LogP contribution in [-0.2, 0) is 90.6 Å². The fraction of sp³-hybridized carbons (Fsp3) is 0.804. The number of carbonyl (C=O) groups excluding carboxylic acids is 9. The van der Waals surface area contributed by atoms with Crippen LogP contribution in [0, 0.1) is 17.3 Å². The maximum atomic E-state index is 13.6. The molecule has 0 aromatic rings. The number of ketones is 5. The average Bonchev–Trinajstić information content (AvgIpc) is 3.63. The third-order valence-electron chi connectivity index (χ3n) is 12.5. The lowest BCUT2D eigenvalue weighted by molar-refractivity contribution is -0.139. The van der Waals surface area contributed by atoms with Crippen molar-refractivity contribution in [1.29, 1.82) is 0 Å². The first kappa shape index (κ1) is 77.8. The minimum atomic E-state index is -1.16. The smallest absolute Gasteiger partial charge is 0.320 e. The van der Waals surface area contributed by atoms with Gasteiger partial charge < -0.3 is 80.8 Å². The van der Waals surface area contributed by atoms with Crippen LogP contribution in [0.4, 0.5) is 0 Å². The number of hydrogen-bond donors (Lipinski definition) is 8. The molecule has 0 fully saturated rings. The number of aliphatic carboxylic acids is 2. The lowest BCUT2D eigenvalue weighted by Crippen LogP contribution is -2.33. The Hall–Kier alpha value is -5.23. The number of unbranched alkanes of at least 4 members (excludes halogenated alkanes) is 2. The molecule has 0 unspecified atom stereocenters. The summed E-state index contributed by atoms with van der Waals surface area (Å²) in [4.78, 5) is 133. The van der Waals surface area contributed by atoms with E-state index in [1.54, 1.807) is 20.8 Å². The molecule has 10 N–H and O–H groups in total. The van der Waals surface area contributed by atoms with E-state index in [1.807, 2.05) is 0 Å². The fourth-order valence-electron chi connectivity index (χ4n) is 7.37. The minimum Gasteiger partial charge on any atom is -0.480 e. The van der Waals surface area contributed by atoms with Gasteiger partial charge in [-0.05, 0) is 58.3 Å². The van der Waals surface area contributed by atoms with Gasteiger partial charge in [-0.2, -0.15) is 0 Å². The topological polar surface area (TPSA) is 402 Å². The molecule has 0 rings (SSSR count). The molecule has 0 aliphatic rings. The molecule has 0 radical (unpaired) electrons. The van der Waals surface area contributed by atoms with E-state index >= 15 is 0 Å². The third-order valence-corrected chi connectivity index (χ3v) is 12.5. The molecule has 482 valence electrons. The van der Waals surface area contributed by atoms with Crippen molar-refractivity contribution in [1.82, 2.24) is 21.3 Å². The number of carboxylic acids is 2. The minimum absolute atomic E-state index is 0. The van der Waals surface area contributed by atoms with Crippen molar-refractivity contribution in [2.75, 3.05) is 132 Å². The molecule has 0 spiro atoms. The lowest BCUT2D eigenvalue weighted by atomic mass is 9.79. The van der Waals surface area contributed by atoms with Gasteiger partial charge in [0.2, 0.25) is 23.6 Å². The predicted octanol–water partition coefficient (Wildman–Crippen LogP) is 1.29. The predicted molar refractivity (Wildman–Crippen MR) is 305 cm³/mol. The van der Waals surface area contributed by atoms with Gasteiger partial charge in [-0.3, -0.25) is 52.7 Å². The van der Waals surface area contributed by atoms with E-state index in [0.29, 0.717) is 77.7 Å². The summed E-state index contributed by atoms with van der Waals surface area (Å²) in [5, 5.41) is 28.3. The standard InChI is InChI=1S/C56H98N6O21.2H2/c1-41(63)42(11-5-7-19-59-51(69)38-81-32-28-77-24-10-14-45(65)37-80-31-29-78-25-21-61-50(68)18-17-47(58)55(74)75)35-48(66)43(36-49(67)56(2,3)4)12-6-8-20-60-52(70)39-83-34-30-79-26-22-62-53(71)40-82-33-27-76-23-9-13-44(64)15-16-46(57)54(72)73;;/h42-43,46-47H,5-40,57-58H2,1-4H3,(H,59,69)(H,60,70)(H,61,68)(H,62,71)(H,72,73)(H,74,75);2*1H/t42-,43-,46+,47+;;/m1../s1. The molecule has 83 heavy (non-hydrogen) atoms. The number of Topliss-reactive ketones (excluding diaryl/α,β-unsaturated/α-hetero) is 5. The number of amides is 4. The molecule has 0 aliphatic carbocycles. The van der Waals surface area contributed by atoms with Crippen molar-refractivity contribution < 1.29 is 104 Å². The Labute approximate surface area is 491 Å². The van der Waals surface area contributed by atoms with Gasteiger partial charge in [0.1, 0.15) is 61.6 Å². The zero-order valence-corrected chi connectivity index (χ0v) is 49.6. The van der Waals surface area contributed by atoms with E-state index in [9.17, 15) is 52.7 Å². The summed E-state index contributed by atoms with van der Waals surface area (Å²) in [5.41, 5.74) is 10.1. The Morgan fingerprint density at radius 2 is 0.795 bits per heavy atom. The molecule has 27 heteroatoms. The van der Waals surface area contributed by atoms with E-state index in [1.165, 1.54) is 6.92 Å². The lowest BCUT2D eigenvalue weighted by Gasteiger charge is -2.23. The van der Waals surface area contributed by atoms with Crippen molar-refractivity contribution in [3.63, 3.8) is 0 Å². The molecule has 0 saturated heterocycles. The normalized spacial score (nSPS) is 12.8. The molecule has 27 nitrogen and oxygen atoms in total. The van der Waals surface area contributed by atoms with Gasteiger partial charge in [-0.15, -0.1) is 0 Å². The Balaban J connectivity index is -0.0000336. The fourth-order valence-corrected chi connectivity index (χ4v) is 7.37. The average molecular weight is 1200 g/mol. The summed E-state index contributed by atoms with van der Waals surface area (Å²) >= 11 is 0. The van der Waals surface area contributed by atoms with E-state index in [0.717, 1.165) is 0 Å². The molecule has 0 aromatic carbocycles. The second-order valence-electron chi connectivity index (χ2n) is 20.9. The van der Waals surface area contributed by atoms with Crippen molar-refractivity contribution in [3.05, 3.63) is 0 Å². The van der Waals surface area contributed by atoms with Crippen LogP contribution in [-0.4, -0.2) is 219 Å². The Morgan fingerprint density at radius 3 is 1.24 bits per heavy atom. The molecular weight excluding hydrogens is 1090 g/mol. The van der Waals surface area contributed by atoms with E-state index < -0.39 is 41.3 Å². The summed E-state index contributed by atoms with van der Waals surface area (Å²) in [6.07, 6.45) is 4.93. The van der Waals surface area contributed by atoms with Crippen LogP contribution in [0.1, 0.15) is 133 Å². The number of nitrogens with two attached hydrogens (primary N) is 2. The van der Waals surface area contributed by atoms with Crippen molar-refractivity contribution >= 4 is 64.5 Å². The number of hydrogen-bond acceptors (Lipinski definition) is 21. The Morgan fingerprint density at radius 1 is 0.410 bits per heavy atom. The highest BCUT2D eigenvalue weighted by molar-refractivity contribution is 5.92. The van der Waals surface area contributed by atoms with Crippen LogP contribution in [0.2, 0.25) is 0 Å². The zero-order valence-electron chi connectivity index (χ0n) is 49.6. The Kier molecular flexibility index (Phi) is 47.0. The van der Waals surface area contributed by atoms with Crippen LogP contribution in [0.5, 0.6) is 0 Å². The van der Waals surface area contributed by atoms with Crippen LogP contribution in [0.25, 0.3) is 0 Å². The Bertz CT molecular complexity index is 1920. The second kappa shape index (κ2) is 50.1. The summed E-state index contributed by atoms with van der Waals surface area (Å²) in [7, 11) is 0. The van der Waals surface area contributed by atoms with Gasteiger partial charge in [-0.1, -0.05) is 33.6 Å². The van der Waals surface area contributed by atoms with Crippen LogP contribution in [0.3, 0.4) is 0 Å². The summed E-state index contributed by atoms with van der Waals surface area (Å²) < 4.78 is 43.0. The van der Waals surface area contributed by atoms with Crippen molar-refractivity contribution in [2.24, 2.45) is 28.7 Å². The maximum Gasteiger partial charge on any atom is 0.320 e. The van der Waals surface area contributed by atoms with E-state index in [-0.39, 0.29) is 212 Å². The molecule has 0 aliphatic heterocycles. The molecular formula is C56H102N6O21.